The van der Waals surface area contributed by atoms with E-state index in [0.717, 1.165) is 0 Å². The van der Waals surface area contributed by atoms with Crippen LogP contribution in [0, 0.1) is 36.9 Å². The first kappa shape index (κ1) is 34.9. The molecule has 45 heavy (non-hydrogen) atoms. The molecule has 3 rings (SSSR count). The van der Waals surface area contributed by atoms with E-state index < -0.39 is 53.7 Å². The summed E-state index contributed by atoms with van der Waals surface area (Å²) in [5.74, 6) is -3.50. The van der Waals surface area contributed by atoms with Crippen molar-refractivity contribution in [3.8, 4) is 6.07 Å². The van der Waals surface area contributed by atoms with Gasteiger partial charge in [-0.1, -0.05) is 37.2 Å². The molecule has 0 spiro atoms. The number of hydrogen-bond donors (Lipinski definition) is 4. The highest BCUT2D eigenvalue weighted by atomic mass is 19.1. The Bertz CT molecular complexity index is 1460. The van der Waals surface area contributed by atoms with E-state index in [1.165, 1.54) is 30.0 Å². The van der Waals surface area contributed by atoms with Crippen molar-refractivity contribution in [2.75, 3.05) is 19.7 Å². The number of rotatable bonds is 13. The van der Waals surface area contributed by atoms with Gasteiger partial charge in [0, 0.05) is 31.3 Å². The second-order valence-corrected chi connectivity index (χ2v) is 11.3. The molecule has 1 aromatic heterocycles. The summed E-state index contributed by atoms with van der Waals surface area (Å²) < 4.78 is 25.2. The number of nitriles is 1. The van der Waals surface area contributed by atoms with Gasteiger partial charge in [0.1, 0.15) is 29.5 Å². The van der Waals surface area contributed by atoms with Gasteiger partial charge in [0.2, 0.25) is 17.6 Å². The minimum atomic E-state index is -1.48. The maximum atomic E-state index is 14.4. The highest BCUT2D eigenvalue weighted by Crippen LogP contribution is 2.17. The number of carbonyl (C=O) groups excluding carboxylic acids is 4. The molecule has 0 saturated carbocycles. The highest BCUT2D eigenvalue weighted by molar-refractivity contribution is 5.98. The van der Waals surface area contributed by atoms with Crippen LogP contribution in [0.3, 0.4) is 0 Å². The van der Waals surface area contributed by atoms with E-state index in [9.17, 15) is 33.9 Å². The zero-order valence-electron chi connectivity index (χ0n) is 25.9. The van der Waals surface area contributed by atoms with E-state index >= 15 is 0 Å². The van der Waals surface area contributed by atoms with Gasteiger partial charge in [0.25, 0.3) is 11.8 Å². The van der Waals surface area contributed by atoms with Crippen LogP contribution in [0.25, 0.3) is 0 Å². The predicted molar refractivity (Wildman–Crippen MR) is 159 cm³/mol. The van der Waals surface area contributed by atoms with Gasteiger partial charge in [-0.05, 0) is 44.7 Å². The number of carbonyl (C=O) groups is 4. The SMILES string of the molecule is Cc1ccc(CNC(=O)[C@H](CO[C@H]2CCN(C(=O)C(C#N)=CC(C)C)C2)NC(=O)[C@@H](NC(=O)c2cc(C)no2)[C@@H](C)O)c(F)c1. The van der Waals surface area contributed by atoms with Crippen LogP contribution in [-0.2, 0) is 25.7 Å². The lowest BCUT2D eigenvalue weighted by atomic mass is 10.1. The number of likely N-dealkylation sites (tertiary alicyclic amines) is 1. The molecule has 4 amide bonds. The molecule has 0 bridgehead atoms. The summed E-state index contributed by atoms with van der Waals surface area (Å²) >= 11 is 0. The second-order valence-electron chi connectivity index (χ2n) is 11.3. The Kier molecular flexibility index (Phi) is 12.3. The second kappa shape index (κ2) is 15.9. The van der Waals surface area contributed by atoms with Crippen LogP contribution in [0.15, 0.2) is 40.4 Å². The number of aliphatic hydroxyl groups excluding tert-OH is 1. The maximum absolute atomic E-state index is 14.4. The fraction of sp³-hybridized carbons (Fsp3) is 0.484. The number of benzene rings is 1. The zero-order chi connectivity index (χ0) is 33.3. The van der Waals surface area contributed by atoms with Gasteiger partial charge < -0.3 is 35.2 Å². The number of nitrogens with one attached hydrogen (secondary N) is 3. The molecule has 1 aliphatic heterocycles. The summed E-state index contributed by atoms with van der Waals surface area (Å²) in [6.45, 7) is 8.31. The number of nitrogens with zero attached hydrogens (tertiary/aromatic N) is 3. The van der Waals surface area contributed by atoms with Crippen molar-refractivity contribution < 1.29 is 37.9 Å². The molecule has 0 aliphatic carbocycles. The van der Waals surface area contributed by atoms with Crippen molar-refractivity contribution in [2.24, 2.45) is 5.92 Å². The standard InChI is InChI=1S/C31H39FN6O7/c1-17(2)10-22(13-33)31(43)38-9-8-23(15-38)44-16-25(28(40)34-14-21-7-6-18(3)11-24(21)32)35-30(42)27(20(5)39)36-29(41)26-12-19(4)37-45-26/h6-7,10-12,17,20,23,25,27,39H,8-9,14-16H2,1-5H3,(H,34,40)(H,35,42)(H,36,41)/t20-,23+,25+,27+/m1/s1. The number of aromatic nitrogens is 1. The average Bonchev–Trinajstić information content (AvgIpc) is 3.64. The van der Waals surface area contributed by atoms with Crippen LogP contribution >= 0.6 is 0 Å². The quantitative estimate of drug-likeness (QED) is 0.188. The smallest absolute Gasteiger partial charge is 0.290 e. The molecule has 1 aromatic carbocycles. The van der Waals surface area contributed by atoms with Crippen molar-refractivity contribution in [1.82, 2.24) is 26.0 Å². The number of aryl methyl sites for hydroxylation is 2. The maximum Gasteiger partial charge on any atom is 0.290 e. The molecule has 0 radical (unpaired) electrons. The van der Waals surface area contributed by atoms with Gasteiger partial charge in [-0.25, -0.2) is 4.39 Å². The highest BCUT2D eigenvalue weighted by Gasteiger charge is 2.33. The molecule has 1 saturated heterocycles. The van der Waals surface area contributed by atoms with Crippen molar-refractivity contribution >= 4 is 23.6 Å². The Morgan fingerprint density at radius 1 is 1.20 bits per heavy atom. The van der Waals surface area contributed by atoms with Crippen LogP contribution in [-0.4, -0.2) is 82.8 Å². The van der Waals surface area contributed by atoms with Crippen molar-refractivity contribution in [2.45, 2.75) is 71.9 Å². The van der Waals surface area contributed by atoms with Crippen LogP contribution in [0.5, 0.6) is 0 Å². The van der Waals surface area contributed by atoms with E-state index in [1.807, 2.05) is 19.9 Å². The van der Waals surface area contributed by atoms with Gasteiger partial charge in [0.15, 0.2) is 0 Å². The van der Waals surface area contributed by atoms with Gasteiger partial charge in [-0.15, -0.1) is 0 Å². The number of aliphatic hydroxyl groups is 1. The number of allylic oxidation sites excluding steroid dienone is 1. The summed E-state index contributed by atoms with van der Waals surface area (Å²) in [4.78, 5) is 53.4. The Hall–Kier alpha value is -4.61. The van der Waals surface area contributed by atoms with Crippen LogP contribution < -0.4 is 16.0 Å². The molecule has 4 N–H and O–H groups in total. The first-order chi connectivity index (χ1) is 21.3. The Balaban J connectivity index is 1.71. The third-order valence-corrected chi connectivity index (χ3v) is 6.98. The van der Waals surface area contributed by atoms with Gasteiger partial charge in [0.05, 0.1) is 24.5 Å². The Labute approximate surface area is 260 Å². The van der Waals surface area contributed by atoms with Gasteiger partial charge >= 0.3 is 0 Å². The molecule has 242 valence electrons. The first-order valence-corrected chi connectivity index (χ1v) is 14.6. The molecular weight excluding hydrogens is 587 g/mol. The molecular formula is C31H39FN6O7. The third kappa shape index (κ3) is 9.95. The molecule has 4 atom stereocenters. The molecule has 2 heterocycles. The van der Waals surface area contributed by atoms with Crippen molar-refractivity contribution in [3.63, 3.8) is 0 Å². The molecule has 1 aliphatic rings. The van der Waals surface area contributed by atoms with Gasteiger partial charge in [-0.3, -0.25) is 19.2 Å². The summed E-state index contributed by atoms with van der Waals surface area (Å²) in [7, 11) is 0. The monoisotopic (exact) mass is 626 g/mol. The molecule has 1 fully saturated rings. The third-order valence-electron chi connectivity index (χ3n) is 6.98. The topological polar surface area (TPSA) is 187 Å². The minimum absolute atomic E-state index is 0.00429. The summed E-state index contributed by atoms with van der Waals surface area (Å²) in [5, 5.41) is 30.8. The number of hydrogen-bond acceptors (Lipinski definition) is 9. The number of amides is 4. The zero-order valence-corrected chi connectivity index (χ0v) is 25.9. The molecule has 13 nitrogen and oxygen atoms in total. The molecule has 0 unspecified atom stereocenters. The fourth-order valence-electron chi connectivity index (χ4n) is 4.57. The summed E-state index contributed by atoms with van der Waals surface area (Å²) in [5.41, 5.74) is 1.40. The van der Waals surface area contributed by atoms with Gasteiger partial charge in [-0.2, -0.15) is 5.26 Å². The Morgan fingerprint density at radius 3 is 2.53 bits per heavy atom. The fourth-order valence-corrected chi connectivity index (χ4v) is 4.57. The van der Waals surface area contributed by atoms with Crippen LogP contribution in [0.2, 0.25) is 0 Å². The number of ether oxygens (including phenoxy) is 1. The van der Waals surface area contributed by atoms with Crippen LogP contribution in [0.1, 0.15) is 54.6 Å². The molecule has 14 heteroatoms. The van der Waals surface area contributed by atoms with E-state index in [2.05, 4.69) is 21.1 Å². The molecule has 2 aromatic rings. The lowest BCUT2D eigenvalue weighted by Gasteiger charge is -2.25. The average molecular weight is 627 g/mol. The first-order valence-electron chi connectivity index (χ1n) is 14.6. The minimum Gasteiger partial charge on any atom is -0.391 e. The van der Waals surface area contributed by atoms with Crippen molar-refractivity contribution in [1.29, 1.82) is 5.26 Å². The van der Waals surface area contributed by atoms with E-state index in [4.69, 9.17) is 9.26 Å². The Morgan fingerprint density at radius 2 is 1.93 bits per heavy atom. The van der Waals surface area contributed by atoms with Crippen LogP contribution in [0.4, 0.5) is 4.39 Å². The van der Waals surface area contributed by atoms with E-state index in [1.54, 1.807) is 26.0 Å². The summed E-state index contributed by atoms with van der Waals surface area (Å²) in [6, 6.07) is 5.04. The largest absolute Gasteiger partial charge is 0.391 e. The van der Waals surface area contributed by atoms with E-state index in [-0.39, 0.29) is 42.5 Å². The normalized spacial score (nSPS) is 16.9. The summed E-state index contributed by atoms with van der Waals surface area (Å²) in [6.07, 6.45) is 0.138. The lowest BCUT2D eigenvalue weighted by molar-refractivity contribution is -0.133. The lowest BCUT2D eigenvalue weighted by Crippen LogP contribution is -2.58. The predicted octanol–water partition coefficient (Wildman–Crippen LogP) is 1.43. The van der Waals surface area contributed by atoms with E-state index in [0.29, 0.717) is 24.2 Å². The number of halogens is 1. The van der Waals surface area contributed by atoms with Crippen molar-refractivity contribution in [3.05, 3.63) is 64.3 Å².